The number of nitrogens with one attached hydrogen (secondary N) is 1. The van der Waals surface area contributed by atoms with E-state index in [2.05, 4.69) is 0 Å². The maximum atomic E-state index is 13.4. The van der Waals surface area contributed by atoms with Gasteiger partial charge in [0, 0.05) is 11.4 Å². The molecule has 0 saturated heterocycles. The topological polar surface area (TPSA) is 72.2 Å². The van der Waals surface area contributed by atoms with Crippen molar-refractivity contribution in [2.45, 2.75) is 10.8 Å². The fourth-order valence-corrected chi connectivity index (χ4v) is 3.68. The van der Waals surface area contributed by atoms with Gasteiger partial charge in [0.05, 0.1) is 5.69 Å². The summed E-state index contributed by atoms with van der Waals surface area (Å²) in [6.45, 7) is 0.217. The second-order valence-electron chi connectivity index (χ2n) is 3.63. The van der Waals surface area contributed by atoms with Crippen LogP contribution in [0.1, 0.15) is 4.88 Å². The summed E-state index contributed by atoms with van der Waals surface area (Å²) in [6.07, 6.45) is 0. The molecule has 0 bridgehead atoms. The van der Waals surface area contributed by atoms with Crippen molar-refractivity contribution in [1.29, 1.82) is 0 Å². The van der Waals surface area contributed by atoms with Crippen LogP contribution in [0.25, 0.3) is 0 Å². The third kappa shape index (κ3) is 2.91. The van der Waals surface area contributed by atoms with Crippen LogP contribution in [0.15, 0.2) is 34.5 Å². The van der Waals surface area contributed by atoms with Crippen molar-refractivity contribution in [1.82, 2.24) is 0 Å². The van der Waals surface area contributed by atoms with Crippen molar-refractivity contribution >= 4 is 27.0 Å². The molecule has 19 heavy (non-hydrogen) atoms. The van der Waals surface area contributed by atoms with Crippen LogP contribution in [0, 0.1) is 11.6 Å². The number of anilines is 1. The lowest BCUT2D eigenvalue weighted by Crippen LogP contribution is -2.13. The first-order valence-corrected chi connectivity index (χ1v) is 7.49. The van der Waals surface area contributed by atoms with Gasteiger partial charge in [0.1, 0.15) is 4.21 Å². The molecule has 0 radical (unpaired) electrons. The highest BCUT2D eigenvalue weighted by Gasteiger charge is 2.19. The summed E-state index contributed by atoms with van der Waals surface area (Å²) in [5, 5.41) is 0. The highest BCUT2D eigenvalue weighted by molar-refractivity contribution is 7.94. The molecule has 1 aromatic carbocycles. The second-order valence-corrected chi connectivity index (χ2v) is 6.71. The monoisotopic (exact) mass is 304 g/mol. The molecule has 2 rings (SSSR count). The van der Waals surface area contributed by atoms with Gasteiger partial charge in [0.15, 0.2) is 11.6 Å². The Labute approximate surface area is 112 Å². The van der Waals surface area contributed by atoms with E-state index in [-0.39, 0.29) is 10.8 Å². The predicted molar refractivity (Wildman–Crippen MR) is 69.4 cm³/mol. The van der Waals surface area contributed by atoms with Crippen molar-refractivity contribution in [2.24, 2.45) is 5.73 Å². The van der Waals surface area contributed by atoms with Crippen LogP contribution in [0.5, 0.6) is 0 Å². The van der Waals surface area contributed by atoms with Crippen LogP contribution < -0.4 is 10.5 Å². The van der Waals surface area contributed by atoms with Crippen molar-refractivity contribution in [3.05, 3.63) is 46.8 Å². The van der Waals surface area contributed by atoms with Crippen LogP contribution in [-0.2, 0) is 16.6 Å². The van der Waals surface area contributed by atoms with Gasteiger partial charge in [-0.25, -0.2) is 17.2 Å². The van der Waals surface area contributed by atoms with E-state index in [9.17, 15) is 17.2 Å². The highest BCUT2D eigenvalue weighted by atomic mass is 32.2. The molecule has 0 aliphatic heterocycles. The molecule has 8 heteroatoms. The lowest BCUT2D eigenvalue weighted by atomic mass is 10.3. The molecule has 0 amide bonds. The summed E-state index contributed by atoms with van der Waals surface area (Å²) in [5.41, 5.74) is 4.96. The van der Waals surface area contributed by atoms with Gasteiger partial charge >= 0.3 is 0 Å². The number of hydrogen-bond acceptors (Lipinski definition) is 4. The number of rotatable bonds is 4. The quantitative estimate of drug-likeness (QED) is 0.910. The van der Waals surface area contributed by atoms with Crippen LogP contribution in [0.4, 0.5) is 14.5 Å². The molecule has 0 atom stereocenters. The number of hydrogen-bond donors (Lipinski definition) is 2. The van der Waals surface area contributed by atoms with E-state index in [1.807, 2.05) is 4.72 Å². The Kier molecular flexibility index (Phi) is 3.83. The van der Waals surface area contributed by atoms with E-state index < -0.39 is 27.3 Å². The first-order chi connectivity index (χ1) is 8.94. The molecule has 0 unspecified atom stereocenters. The summed E-state index contributed by atoms with van der Waals surface area (Å²) in [6, 6.07) is 6.21. The molecular weight excluding hydrogens is 294 g/mol. The van der Waals surface area contributed by atoms with Crippen LogP contribution in [0.3, 0.4) is 0 Å². The summed E-state index contributed by atoms with van der Waals surface area (Å²) in [7, 11) is -3.94. The normalized spacial score (nSPS) is 11.5. The zero-order chi connectivity index (χ0) is 14.0. The molecule has 0 saturated carbocycles. The first kappa shape index (κ1) is 13.9. The Morgan fingerprint density at radius 3 is 2.58 bits per heavy atom. The molecule has 1 heterocycles. The molecule has 0 fully saturated rings. The Bertz CT molecular complexity index is 698. The summed E-state index contributed by atoms with van der Waals surface area (Å²) in [4.78, 5) is 0.681. The molecule has 3 N–H and O–H groups in total. The van der Waals surface area contributed by atoms with Gasteiger partial charge in [0.2, 0.25) is 0 Å². The number of nitrogens with two attached hydrogens (primary N) is 1. The zero-order valence-corrected chi connectivity index (χ0v) is 11.2. The Morgan fingerprint density at radius 2 is 1.95 bits per heavy atom. The van der Waals surface area contributed by atoms with Gasteiger partial charge in [-0.2, -0.15) is 0 Å². The Hall–Kier alpha value is -1.51. The van der Waals surface area contributed by atoms with Crippen molar-refractivity contribution in [3.8, 4) is 0 Å². The number of benzene rings is 1. The number of thiophene rings is 1. The van der Waals surface area contributed by atoms with Gasteiger partial charge in [-0.05, 0) is 24.3 Å². The standard InChI is InChI=1S/C11H10F2N2O2S2/c12-8-2-1-3-9(11(8)13)15-19(16,17)10-5-4-7(6-14)18-10/h1-5,15H,6,14H2. The predicted octanol–water partition coefficient (Wildman–Crippen LogP) is 2.29. The van der Waals surface area contributed by atoms with Crippen molar-refractivity contribution in [3.63, 3.8) is 0 Å². The van der Waals surface area contributed by atoms with E-state index in [0.29, 0.717) is 4.88 Å². The number of halogens is 2. The van der Waals surface area contributed by atoms with E-state index in [1.54, 1.807) is 6.07 Å². The minimum atomic E-state index is -3.94. The minimum Gasteiger partial charge on any atom is -0.326 e. The number of sulfonamides is 1. The molecule has 4 nitrogen and oxygen atoms in total. The second kappa shape index (κ2) is 5.24. The largest absolute Gasteiger partial charge is 0.326 e. The van der Waals surface area contributed by atoms with E-state index in [4.69, 9.17) is 5.73 Å². The highest BCUT2D eigenvalue weighted by Crippen LogP contribution is 2.25. The maximum Gasteiger partial charge on any atom is 0.271 e. The molecule has 0 aliphatic rings. The third-order valence-electron chi connectivity index (χ3n) is 2.30. The van der Waals surface area contributed by atoms with Gasteiger partial charge in [-0.1, -0.05) is 6.07 Å². The summed E-state index contributed by atoms with van der Waals surface area (Å²) in [5.74, 6) is -2.35. The molecule has 1 aromatic heterocycles. The Balaban J connectivity index is 2.33. The lowest BCUT2D eigenvalue weighted by molar-refractivity contribution is 0.511. The third-order valence-corrected chi connectivity index (χ3v) is 5.26. The molecular formula is C11H10F2N2O2S2. The van der Waals surface area contributed by atoms with Gasteiger partial charge < -0.3 is 5.73 Å². The van der Waals surface area contributed by atoms with Crippen LogP contribution >= 0.6 is 11.3 Å². The fourth-order valence-electron chi connectivity index (χ4n) is 1.39. The van der Waals surface area contributed by atoms with Crippen LogP contribution in [-0.4, -0.2) is 8.42 Å². The van der Waals surface area contributed by atoms with Gasteiger partial charge in [-0.15, -0.1) is 11.3 Å². The van der Waals surface area contributed by atoms with E-state index in [1.165, 1.54) is 12.1 Å². The maximum absolute atomic E-state index is 13.4. The van der Waals surface area contributed by atoms with Crippen LogP contribution in [0.2, 0.25) is 0 Å². The fraction of sp³-hybridized carbons (Fsp3) is 0.0909. The van der Waals surface area contributed by atoms with Gasteiger partial charge in [-0.3, -0.25) is 4.72 Å². The Morgan fingerprint density at radius 1 is 1.21 bits per heavy atom. The summed E-state index contributed by atoms with van der Waals surface area (Å²) < 4.78 is 52.3. The average Bonchev–Trinajstić information content (AvgIpc) is 2.84. The molecule has 2 aromatic rings. The minimum absolute atomic E-state index is 0.00314. The summed E-state index contributed by atoms with van der Waals surface area (Å²) >= 11 is 0.977. The van der Waals surface area contributed by atoms with E-state index in [0.717, 1.165) is 23.5 Å². The smallest absolute Gasteiger partial charge is 0.271 e. The average molecular weight is 304 g/mol. The molecule has 102 valence electrons. The van der Waals surface area contributed by atoms with Crippen molar-refractivity contribution < 1.29 is 17.2 Å². The first-order valence-electron chi connectivity index (χ1n) is 5.19. The lowest BCUT2D eigenvalue weighted by Gasteiger charge is -2.07. The molecule has 0 spiro atoms. The zero-order valence-electron chi connectivity index (χ0n) is 9.56. The molecule has 0 aliphatic carbocycles. The van der Waals surface area contributed by atoms with Gasteiger partial charge in [0.25, 0.3) is 10.0 Å². The van der Waals surface area contributed by atoms with E-state index >= 15 is 0 Å². The van der Waals surface area contributed by atoms with Crippen molar-refractivity contribution in [2.75, 3.05) is 4.72 Å². The SMILES string of the molecule is NCc1ccc(S(=O)(=O)Nc2cccc(F)c2F)s1.